The highest BCUT2D eigenvalue weighted by molar-refractivity contribution is 14.1. The summed E-state index contributed by atoms with van der Waals surface area (Å²) in [6.07, 6.45) is 4.82. The van der Waals surface area contributed by atoms with Crippen molar-refractivity contribution in [2.24, 2.45) is 12.8 Å². The molecule has 8 heteroatoms. The van der Waals surface area contributed by atoms with Crippen LogP contribution in [0.4, 0.5) is 0 Å². The molecule has 0 aliphatic rings. The van der Waals surface area contributed by atoms with Gasteiger partial charge in [0.05, 0.1) is 0 Å². The average Bonchev–Trinajstić information content (AvgIpc) is 2.84. The predicted molar refractivity (Wildman–Crippen MR) is 77.3 cm³/mol. The second-order valence-electron chi connectivity index (χ2n) is 3.99. The zero-order chi connectivity index (χ0) is 14.2. The molecule has 2 heterocycles. The number of amides is 2. The Morgan fingerprint density at radius 2 is 2.16 bits per heavy atom. The molecule has 0 saturated heterocycles. The Labute approximate surface area is 122 Å². The second kappa shape index (κ2) is 5.03. The van der Waals surface area contributed by atoms with Gasteiger partial charge in [-0.25, -0.2) is 4.98 Å². The quantitative estimate of drug-likeness (QED) is 0.773. The van der Waals surface area contributed by atoms with Crippen LogP contribution in [-0.4, -0.2) is 26.0 Å². The summed E-state index contributed by atoms with van der Waals surface area (Å²) in [5.41, 5.74) is 8.89. The van der Waals surface area contributed by atoms with Crippen molar-refractivity contribution < 1.29 is 9.59 Å². The van der Waals surface area contributed by atoms with Gasteiger partial charge in [0.15, 0.2) is 5.82 Å². The summed E-state index contributed by atoms with van der Waals surface area (Å²) in [5, 5.41) is 0. The van der Waals surface area contributed by atoms with Crippen molar-refractivity contribution in [2.75, 3.05) is 5.43 Å². The van der Waals surface area contributed by atoms with E-state index in [0.717, 1.165) is 9.13 Å². The number of imidazole rings is 1. The summed E-state index contributed by atoms with van der Waals surface area (Å²) in [4.78, 5) is 27.4. The van der Waals surface area contributed by atoms with E-state index in [1.54, 1.807) is 30.9 Å². The van der Waals surface area contributed by atoms with E-state index in [1.165, 1.54) is 10.9 Å². The highest BCUT2D eigenvalue weighted by Crippen LogP contribution is 2.17. The van der Waals surface area contributed by atoms with Crippen molar-refractivity contribution in [3.63, 3.8) is 0 Å². The van der Waals surface area contributed by atoms with Crippen LogP contribution in [0.3, 0.4) is 0 Å². The minimum atomic E-state index is -0.597. The third kappa shape index (κ3) is 2.48. The number of carbonyl (C=O) groups is 2. The molecule has 0 spiro atoms. The van der Waals surface area contributed by atoms with E-state index in [9.17, 15) is 9.59 Å². The zero-order valence-corrected chi connectivity index (χ0v) is 12.5. The molecular weight excluding hydrogens is 361 g/mol. The Morgan fingerprint density at radius 3 is 2.68 bits per heavy atom. The monoisotopic (exact) mass is 373 g/mol. The smallest absolute Gasteiger partial charge is 0.306 e. The predicted octanol–water partition coefficient (Wildman–Crippen LogP) is 0.617. The van der Waals surface area contributed by atoms with Crippen LogP contribution in [0.2, 0.25) is 0 Å². The molecule has 2 rings (SSSR count). The maximum Gasteiger partial charge on any atom is 0.306 e. The van der Waals surface area contributed by atoms with Gasteiger partial charge in [-0.15, -0.1) is 0 Å². The molecule has 0 unspecified atom stereocenters. The Hall–Kier alpha value is -1.84. The van der Waals surface area contributed by atoms with Crippen LogP contribution < -0.4 is 11.2 Å². The molecule has 0 saturated carbocycles. The molecule has 100 valence electrons. The Morgan fingerprint density at radius 1 is 1.47 bits per heavy atom. The van der Waals surface area contributed by atoms with Gasteiger partial charge >= 0.3 is 5.91 Å². The third-order valence-corrected chi connectivity index (χ3v) is 3.76. The molecule has 0 fully saturated rings. The summed E-state index contributed by atoms with van der Waals surface area (Å²) in [7, 11) is 1.71. The van der Waals surface area contributed by atoms with Crippen LogP contribution in [-0.2, 0) is 7.05 Å². The van der Waals surface area contributed by atoms with Gasteiger partial charge in [-0.05, 0) is 35.1 Å². The van der Waals surface area contributed by atoms with Crippen molar-refractivity contribution in [3.8, 4) is 0 Å². The number of aryl methyl sites for hydroxylation is 1. The number of nitrogens with one attached hydrogen (secondary N) is 1. The number of rotatable bonds is 3. The zero-order valence-electron chi connectivity index (χ0n) is 10.3. The van der Waals surface area contributed by atoms with E-state index < -0.39 is 11.8 Å². The number of nitrogens with zero attached hydrogens (tertiary/aromatic N) is 3. The van der Waals surface area contributed by atoms with Crippen molar-refractivity contribution in [3.05, 3.63) is 39.2 Å². The van der Waals surface area contributed by atoms with E-state index in [1.807, 2.05) is 0 Å². The highest BCUT2D eigenvalue weighted by atomic mass is 127. The summed E-state index contributed by atoms with van der Waals surface area (Å²) in [6.45, 7) is 1.77. The number of primary amides is 1. The summed E-state index contributed by atoms with van der Waals surface area (Å²) >= 11 is 2.07. The molecule has 0 bridgehead atoms. The molecule has 0 aliphatic heterocycles. The normalized spacial score (nSPS) is 10.5. The lowest BCUT2D eigenvalue weighted by Crippen LogP contribution is -2.29. The minimum Gasteiger partial charge on any atom is -0.364 e. The summed E-state index contributed by atoms with van der Waals surface area (Å²) < 4.78 is 3.75. The highest BCUT2D eigenvalue weighted by Gasteiger charge is 2.18. The molecular formula is C11H12IN5O2. The van der Waals surface area contributed by atoms with Crippen LogP contribution in [0, 0.1) is 10.5 Å². The first kappa shape index (κ1) is 13.6. The maximum atomic E-state index is 12.0. The van der Waals surface area contributed by atoms with Gasteiger partial charge in [-0.1, -0.05) is 0 Å². The van der Waals surface area contributed by atoms with E-state index in [0.29, 0.717) is 0 Å². The lowest BCUT2D eigenvalue weighted by molar-refractivity contribution is 0.0983. The molecule has 0 radical (unpaired) electrons. The number of hydrogen-bond acceptors (Lipinski definition) is 3. The van der Waals surface area contributed by atoms with Crippen LogP contribution in [0.15, 0.2) is 18.6 Å². The number of hydrogen-bond donors (Lipinski definition) is 2. The number of aromatic nitrogens is 3. The van der Waals surface area contributed by atoms with Crippen molar-refractivity contribution in [2.45, 2.75) is 6.92 Å². The molecule has 2 aromatic rings. The first-order valence-electron chi connectivity index (χ1n) is 5.37. The first-order valence-corrected chi connectivity index (χ1v) is 6.45. The molecule has 19 heavy (non-hydrogen) atoms. The topological polar surface area (TPSA) is 94.9 Å². The molecule has 7 nitrogen and oxygen atoms in total. The second-order valence-corrected chi connectivity index (χ2v) is 5.15. The van der Waals surface area contributed by atoms with E-state index in [2.05, 4.69) is 33.0 Å². The molecule has 0 atom stereocenters. The molecule has 0 aromatic carbocycles. The van der Waals surface area contributed by atoms with Gasteiger partial charge in [0.2, 0.25) is 0 Å². The third-order valence-electron chi connectivity index (χ3n) is 2.68. The lowest BCUT2D eigenvalue weighted by Gasteiger charge is -2.09. The minimum absolute atomic E-state index is 0.247. The summed E-state index contributed by atoms with van der Waals surface area (Å²) in [6, 6.07) is 0. The first-order chi connectivity index (χ1) is 8.91. The summed E-state index contributed by atoms with van der Waals surface area (Å²) in [5.74, 6) is -0.765. The maximum absolute atomic E-state index is 12.0. The van der Waals surface area contributed by atoms with Gasteiger partial charge in [0.1, 0.15) is 5.69 Å². The Kier molecular flexibility index (Phi) is 3.60. The van der Waals surface area contributed by atoms with E-state index in [4.69, 9.17) is 5.73 Å². The van der Waals surface area contributed by atoms with Crippen molar-refractivity contribution in [1.82, 2.24) is 14.2 Å². The van der Waals surface area contributed by atoms with Crippen LogP contribution in [0.5, 0.6) is 0 Å². The molecule has 2 amide bonds. The number of nitrogens with two attached hydrogens (primary N) is 1. The fraction of sp³-hybridized carbons (Fsp3) is 0.182. The van der Waals surface area contributed by atoms with Gasteiger partial charge in [-0.3, -0.25) is 19.7 Å². The average molecular weight is 373 g/mol. The van der Waals surface area contributed by atoms with E-state index in [-0.39, 0.29) is 11.5 Å². The molecule has 0 aliphatic carbocycles. The fourth-order valence-electron chi connectivity index (χ4n) is 1.70. The van der Waals surface area contributed by atoms with Gasteiger partial charge in [0, 0.05) is 29.2 Å². The van der Waals surface area contributed by atoms with Crippen molar-refractivity contribution >= 4 is 34.4 Å². The Bertz CT molecular complexity index is 658. The van der Waals surface area contributed by atoms with Crippen LogP contribution in [0.25, 0.3) is 0 Å². The van der Waals surface area contributed by atoms with Crippen molar-refractivity contribution in [1.29, 1.82) is 0 Å². The number of carbonyl (C=O) groups excluding carboxylic acids is 2. The SMILES string of the molecule is Cc1c(I)cn(NC(=O)c2nccn2C)c1C(N)=O. The van der Waals surface area contributed by atoms with E-state index >= 15 is 0 Å². The van der Waals surface area contributed by atoms with Gasteiger partial charge in [-0.2, -0.15) is 0 Å². The van der Waals surface area contributed by atoms with Crippen LogP contribution >= 0.6 is 22.6 Å². The molecule has 3 N–H and O–H groups in total. The largest absolute Gasteiger partial charge is 0.364 e. The lowest BCUT2D eigenvalue weighted by atomic mass is 10.3. The standard InChI is InChI=1S/C11H12IN5O2/c1-6-7(12)5-17(8(6)9(13)18)15-11(19)10-14-3-4-16(10)2/h3-5H,1-2H3,(H2,13,18)(H,15,19). The van der Waals surface area contributed by atoms with Gasteiger partial charge < -0.3 is 10.3 Å². The fourth-order valence-corrected chi connectivity index (χ4v) is 2.24. The molecule has 2 aromatic heterocycles. The van der Waals surface area contributed by atoms with Crippen LogP contribution in [0.1, 0.15) is 26.7 Å². The Balaban J connectivity index is 2.35. The number of halogens is 1. The van der Waals surface area contributed by atoms with Gasteiger partial charge in [0.25, 0.3) is 5.91 Å².